The predicted molar refractivity (Wildman–Crippen MR) is 183 cm³/mol. The zero-order valence-corrected chi connectivity index (χ0v) is 25.8. The number of nitro benzene ring substituents is 1. The van der Waals surface area contributed by atoms with Gasteiger partial charge in [-0.1, -0.05) is 60.7 Å². The average Bonchev–Trinajstić information content (AvgIpc) is 3.06. The summed E-state index contributed by atoms with van der Waals surface area (Å²) >= 11 is 1.33. The lowest BCUT2D eigenvalue weighted by molar-refractivity contribution is -0.384. The van der Waals surface area contributed by atoms with Gasteiger partial charge >= 0.3 is 0 Å². The first-order valence-corrected chi connectivity index (χ1v) is 15.3. The molecule has 5 rings (SSSR count). The molecule has 46 heavy (non-hydrogen) atoms. The molecule has 0 aliphatic heterocycles. The van der Waals surface area contributed by atoms with Crippen molar-refractivity contribution in [3.63, 3.8) is 0 Å². The van der Waals surface area contributed by atoms with Crippen LogP contribution >= 0.6 is 11.8 Å². The lowest BCUT2D eigenvalue weighted by Gasteiger charge is -2.14. The number of amides is 3. The number of non-ortho nitro benzene ring substituents is 1. The molecule has 0 bridgehead atoms. The van der Waals surface area contributed by atoms with Crippen molar-refractivity contribution in [3.05, 3.63) is 148 Å². The Kier molecular flexibility index (Phi) is 9.89. The maximum atomic E-state index is 13.5. The van der Waals surface area contributed by atoms with Gasteiger partial charge in [0.15, 0.2) is 0 Å². The monoisotopic (exact) mass is 630 g/mol. The molecule has 0 aromatic heterocycles. The van der Waals surface area contributed by atoms with Crippen molar-refractivity contribution in [2.24, 2.45) is 0 Å². The number of hydrogen-bond donors (Lipinski definition) is 3. The van der Waals surface area contributed by atoms with E-state index in [9.17, 15) is 24.5 Å². The van der Waals surface area contributed by atoms with Gasteiger partial charge in [0.1, 0.15) is 5.70 Å². The second-order valence-electron chi connectivity index (χ2n) is 10.4. The molecule has 0 heterocycles. The summed E-state index contributed by atoms with van der Waals surface area (Å²) in [5.41, 5.74) is 2.84. The van der Waals surface area contributed by atoms with E-state index in [0.717, 1.165) is 21.2 Å². The van der Waals surface area contributed by atoms with Crippen LogP contribution in [0, 0.1) is 17.0 Å². The highest BCUT2D eigenvalue weighted by molar-refractivity contribution is 8.00. The van der Waals surface area contributed by atoms with Crippen molar-refractivity contribution < 1.29 is 19.3 Å². The van der Waals surface area contributed by atoms with E-state index in [1.807, 2.05) is 48.5 Å². The van der Waals surface area contributed by atoms with E-state index < -0.39 is 22.0 Å². The average molecular weight is 631 g/mol. The predicted octanol–water partition coefficient (Wildman–Crippen LogP) is 7.59. The molecule has 10 heteroatoms. The van der Waals surface area contributed by atoms with E-state index >= 15 is 0 Å². The van der Waals surface area contributed by atoms with Crippen molar-refractivity contribution >= 4 is 63.4 Å². The molecule has 0 saturated carbocycles. The number of aryl methyl sites for hydroxylation is 1. The number of nitrogens with zero attached hydrogens (tertiary/aromatic N) is 1. The molecule has 5 aromatic carbocycles. The summed E-state index contributed by atoms with van der Waals surface area (Å²) in [6.07, 6.45) is 1.66. The first kappa shape index (κ1) is 31.7. The van der Waals surface area contributed by atoms with Crippen LogP contribution < -0.4 is 16.0 Å². The summed E-state index contributed by atoms with van der Waals surface area (Å²) in [6, 6.07) is 33.5. The second kappa shape index (κ2) is 14.4. The third-order valence-electron chi connectivity index (χ3n) is 7.12. The molecular formula is C36H30N4O5S. The van der Waals surface area contributed by atoms with Gasteiger partial charge in [-0.25, -0.2) is 0 Å². The Hall–Kier alpha value is -5.74. The number of fused-ring (bicyclic) bond motifs is 1. The first-order valence-electron chi connectivity index (χ1n) is 14.4. The van der Waals surface area contributed by atoms with Crippen molar-refractivity contribution in [2.75, 3.05) is 10.6 Å². The molecule has 0 aliphatic rings. The van der Waals surface area contributed by atoms with Crippen LogP contribution in [0.4, 0.5) is 17.1 Å². The van der Waals surface area contributed by atoms with Crippen LogP contribution in [0.3, 0.4) is 0 Å². The van der Waals surface area contributed by atoms with Gasteiger partial charge in [0.2, 0.25) is 5.91 Å². The summed E-state index contributed by atoms with van der Waals surface area (Å²) in [4.78, 5) is 50.7. The van der Waals surface area contributed by atoms with E-state index in [2.05, 4.69) is 16.0 Å². The summed E-state index contributed by atoms with van der Waals surface area (Å²) < 4.78 is 0. The van der Waals surface area contributed by atoms with Crippen LogP contribution in [0.15, 0.2) is 126 Å². The number of thioether (sulfide) groups is 1. The van der Waals surface area contributed by atoms with Gasteiger partial charge in [0, 0.05) is 34.0 Å². The van der Waals surface area contributed by atoms with E-state index in [-0.39, 0.29) is 17.3 Å². The van der Waals surface area contributed by atoms with Gasteiger partial charge in [-0.2, -0.15) is 0 Å². The molecule has 5 aromatic rings. The minimum Gasteiger partial charge on any atom is -0.325 e. The minimum absolute atomic E-state index is 0.0418. The number of hydrogen-bond acceptors (Lipinski definition) is 6. The standard InChI is InChI=1S/C36H30N4O5S/c1-23-21-29(40(44)45)17-20-32(23)38-34(41)24(2)46-30-18-15-28(16-19-30)37-36(43)33(39-35(42)26-10-4-3-5-11-26)22-27-13-8-12-25-9-6-7-14-31(25)27/h3-22,24H,1-2H3,(H,37,43)(H,38,41)(H,39,42)/b33-22-. The Labute approximate surface area is 269 Å². The molecule has 0 saturated heterocycles. The fourth-order valence-corrected chi connectivity index (χ4v) is 5.55. The second-order valence-corrected chi connectivity index (χ2v) is 11.8. The highest BCUT2D eigenvalue weighted by Gasteiger charge is 2.18. The molecule has 1 atom stereocenters. The zero-order chi connectivity index (χ0) is 32.6. The normalized spacial score (nSPS) is 11.8. The highest BCUT2D eigenvalue weighted by Crippen LogP contribution is 2.28. The number of anilines is 2. The number of rotatable bonds is 10. The highest BCUT2D eigenvalue weighted by atomic mass is 32.2. The van der Waals surface area contributed by atoms with E-state index in [1.54, 1.807) is 68.5 Å². The van der Waals surface area contributed by atoms with Crippen molar-refractivity contribution in [2.45, 2.75) is 24.0 Å². The number of carbonyl (C=O) groups is 3. The van der Waals surface area contributed by atoms with E-state index in [1.165, 1.54) is 30.0 Å². The summed E-state index contributed by atoms with van der Waals surface area (Å²) in [5.74, 6) is -1.16. The fourth-order valence-electron chi connectivity index (χ4n) is 4.68. The van der Waals surface area contributed by atoms with Gasteiger partial charge in [-0.05, 0) is 84.3 Å². The van der Waals surface area contributed by atoms with Gasteiger partial charge < -0.3 is 16.0 Å². The third kappa shape index (κ3) is 7.85. The zero-order valence-electron chi connectivity index (χ0n) is 25.0. The lowest BCUT2D eigenvalue weighted by Crippen LogP contribution is -2.30. The molecular weight excluding hydrogens is 600 g/mol. The van der Waals surface area contributed by atoms with Crippen LogP contribution in [0.1, 0.15) is 28.4 Å². The Morgan fingerprint density at radius 3 is 2.24 bits per heavy atom. The third-order valence-corrected chi connectivity index (χ3v) is 8.24. The molecule has 9 nitrogen and oxygen atoms in total. The largest absolute Gasteiger partial charge is 0.325 e. The molecule has 0 radical (unpaired) electrons. The summed E-state index contributed by atoms with van der Waals surface area (Å²) in [7, 11) is 0. The van der Waals surface area contributed by atoms with Gasteiger partial charge in [-0.3, -0.25) is 24.5 Å². The molecule has 0 aliphatic carbocycles. The Balaban J connectivity index is 1.29. The fraction of sp³-hybridized carbons (Fsp3) is 0.0833. The topological polar surface area (TPSA) is 130 Å². The molecule has 3 N–H and O–H groups in total. The smallest absolute Gasteiger partial charge is 0.272 e. The minimum atomic E-state index is -0.496. The number of nitrogens with one attached hydrogen (secondary N) is 3. The lowest BCUT2D eigenvalue weighted by atomic mass is 10.0. The van der Waals surface area contributed by atoms with Gasteiger partial charge in [0.25, 0.3) is 17.5 Å². The first-order chi connectivity index (χ1) is 22.2. The van der Waals surface area contributed by atoms with Crippen molar-refractivity contribution in [3.8, 4) is 0 Å². The molecule has 1 unspecified atom stereocenters. The van der Waals surface area contributed by atoms with Crippen LogP contribution in [0.5, 0.6) is 0 Å². The molecule has 0 fully saturated rings. The van der Waals surface area contributed by atoms with E-state index in [0.29, 0.717) is 22.5 Å². The van der Waals surface area contributed by atoms with Crippen molar-refractivity contribution in [1.29, 1.82) is 0 Å². The van der Waals surface area contributed by atoms with Gasteiger partial charge in [-0.15, -0.1) is 11.8 Å². The summed E-state index contributed by atoms with van der Waals surface area (Å²) in [6.45, 7) is 3.46. The maximum absolute atomic E-state index is 13.5. The van der Waals surface area contributed by atoms with Crippen molar-refractivity contribution in [1.82, 2.24) is 5.32 Å². The van der Waals surface area contributed by atoms with Crippen LogP contribution in [0.25, 0.3) is 16.8 Å². The number of nitro groups is 1. The van der Waals surface area contributed by atoms with Gasteiger partial charge in [0.05, 0.1) is 10.2 Å². The SMILES string of the molecule is Cc1cc([N+](=O)[O-])ccc1NC(=O)C(C)Sc1ccc(NC(=O)/C(=C/c2cccc3ccccc23)NC(=O)c2ccccc2)cc1. The quantitative estimate of drug-likeness (QED) is 0.0631. The molecule has 0 spiro atoms. The van der Waals surface area contributed by atoms with Crippen LogP contribution in [0.2, 0.25) is 0 Å². The molecule has 230 valence electrons. The Morgan fingerprint density at radius 2 is 1.52 bits per heavy atom. The summed E-state index contributed by atoms with van der Waals surface area (Å²) in [5, 5.41) is 20.9. The Morgan fingerprint density at radius 1 is 0.826 bits per heavy atom. The Bertz CT molecular complexity index is 1950. The number of carbonyl (C=O) groups excluding carboxylic acids is 3. The molecule has 3 amide bonds. The number of benzene rings is 5. The van der Waals surface area contributed by atoms with Crippen LogP contribution in [-0.4, -0.2) is 27.9 Å². The van der Waals surface area contributed by atoms with Crippen LogP contribution in [-0.2, 0) is 9.59 Å². The van der Waals surface area contributed by atoms with E-state index in [4.69, 9.17) is 0 Å². The maximum Gasteiger partial charge on any atom is 0.272 e.